The van der Waals surface area contributed by atoms with E-state index in [0.717, 1.165) is 16.7 Å². The van der Waals surface area contributed by atoms with Crippen LogP contribution < -0.4 is 21.1 Å². The van der Waals surface area contributed by atoms with Gasteiger partial charge in [-0.2, -0.15) is 4.98 Å². The molecule has 2 aliphatic heterocycles. The summed E-state index contributed by atoms with van der Waals surface area (Å²) >= 11 is 0. The minimum atomic E-state index is -3.16. The van der Waals surface area contributed by atoms with E-state index in [-0.39, 0.29) is 24.8 Å². The number of para-hydroxylation sites is 1. The highest BCUT2D eigenvalue weighted by Crippen LogP contribution is 2.45. The predicted molar refractivity (Wildman–Crippen MR) is 175 cm³/mol. The number of alkyl carbamates (subject to hydrolysis) is 1. The normalized spacial score (nSPS) is 19.8. The van der Waals surface area contributed by atoms with Crippen molar-refractivity contribution in [2.75, 3.05) is 18.5 Å². The van der Waals surface area contributed by atoms with Gasteiger partial charge in [-0.1, -0.05) is 67.6 Å². The van der Waals surface area contributed by atoms with Gasteiger partial charge in [0.15, 0.2) is 17.3 Å². The summed E-state index contributed by atoms with van der Waals surface area (Å²) in [7, 11) is -3.16. The molecule has 1 aliphatic carbocycles. The van der Waals surface area contributed by atoms with Gasteiger partial charge in [0, 0.05) is 18.9 Å². The van der Waals surface area contributed by atoms with Crippen LogP contribution in [-0.2, 0) is 25.0 Å². The Morgan fingerprint density at radius 2 is 1.83 bits per heavy atom. The van der Waals surface area contributed by atoms with Crippen molar-refractivity contribution in [1.82, 2.24) is 14.9 Å². The average Bonchev–Trinajstić information content (AvgIpc) is 3.62. The first-order valence-corrected chi connectivity index (χ1v) is 17.0. The first-order chi connectivity index (χ1) is 22.9. The molecular formula is C34H35N4O8P. The summed E-state index contributed by atoms with van der Waals surface area (Å²) in [5.41, 5.74) is 5.79. The van der Waals surface area contributed by atoms with Gasteiger partial charge in [-0.15, -0.1) is 0 Å². The first kappa shape index (κ1) is 31.1. The van der Waals surface area contributed by atoms with Crippen molar-refractivity contribution >= 4 is 25.9 Å². The summed E-state index contributed by atoms with van der Waals surface area (Å²) in [6, 6.07) is 22.1. The number of nitrogens with one attached hydrogen (secondary N) is 2. The molecule has 244 valence electrons. The molecule has 4 atom stereocenters. The fourth-order valence-corrected chi connectivity index (χ4v) is 7.18. The lowest BCUT2D eigenvalue weighted by Gasteiger charge is -2.24. The third kappa shape index (κ3) is 6.29. The summed E-state index contributed by atoms with van der Waals surface area (Å²) in [6.45, 7) is 2.55. The zero-order valence-electron chi connectivity index (χ0n) is 25.7. The third-order valence-corrected chi connectivity index (χ3v) is 9.38. The molecule has 12 nitrogen and oxygen atoms in total. The maximum Gasteiger partial charge on any atom is 0.407 e. The van der Waals surface area contributed by atoms with Gasteiger partial charge in [0.1, 0.15) is 12.8 Å². The Bertz CT molecular complexity index is 1850. The Morgan fingerprint density at radius 3 is 2.55 bits per heavy atom. The van der Waals surface area contributed by atoms with Crippen molar-refractivity contribution < 1.29 is 33.0 Å². The van der Waals surface area contributed by atoms with Gasteiger partial charge < -0.3 is 34.3 Å². The second kappa shape index (κ2) is 13.3. The first-order valence-electron chi connectivity index (χ1n) is 15.7. The number of fused-ring (bicyclic) bond motifs is 5. The van der Waals surface area contributed by atoms with Crippen LogP contribution in [0.2, 0.25) is 0 Å². The molecular weight excluding hydrogens is 623 g/mol. The third-order valence-electron chi connectivity index (χ3n) is 8.88. The number of ether oxygens (including phenoxy) is 3. The number of rotatable bonds is 10. The van der Waals surface area contributed by atoms with Crippen LogP contribution >= 0.6 is 8.25 Å². The van der Waals surface area contributed by atoms with E-state index in [9.17, 15) is 19.0 Å². The number of benzene rings is 3. The lowest BCUT2D eigenvalue weighted by atomic mass is 9.98. The van der Waals surface area contributed by atoms with Gasteiger partial charge >= 0.3 is 20.0 Å². The van der Waals surface area contributed by atoms with Crippen LogP contribution in [0.1, 0.15) is 55.0 Å². The molecule has 7 rings (SSSR count). The lowest BCUT2D eigenvalue weighted by Crippen LogP contribution is -2.28. The summed E-state index contributed by atoms with van der Waals surface area (Å²) in [4.78, 5) is 39.1. The summed E-state index contributed by atoms with van der Waals surface area (Å²) < 4.78 is 35.5. The SMILES string of the molecule is CCC1OC(n2cc3c(nc2=O)Nc2c(CCCNC(=O)OCC4c5ccccc5-c5ccccc54)cccc2O3)CC1O[PH](=O)O. The maximum absolute atomic E-state index is 13.0. The molecule has 3 aromatic carbocycles. The molecule has 3 N–H and O–H groups in total. The molecule has 1 amide bonds. The van der Waals surface area contributed by atoms with Gasteiger partial charge in [0.2, 0.25) is 0 Å². The Hall–Kier alpha value is -4.48. The smallest absolute Gasteiger partial charge is 0.407 e. The molecule has 47 heavy (non-hydrogen) atoms. The van der Waals surface area contributed by atoms with Crippen LogP contribution in [0.15, 0.2) is 77.7 Å². The standard InChI is InChI=1S/C34H35N4O8P/c1-2-26-28(46-47(41)42)17-30(45-26)38-18-29-32(37-33(38)39)36-31-20(9-7-15-27(31)44-29)10-8-16-35-34(40)43-19-25-23-13-5-3-11-21(23)22-12-4-6-14-24(22)25/h3-7,9,11-15,18,25-26,28,30,47H,2,8,10,16-17,19H2,1H3,(H,35,40)(H,41,42)(H,36,37,39). The number of amides is 1. The second-order valence-corrected chi connectivity index (χ2v) is 12.5. The van der Waals surface area contributed by atoms with E-state index in [2.05, 4.69) is 39.9 Å². The van der Waals surface area contributed by atoms with Gasteiger partial charge in [-0.05, 0) is 53.1 Å². The quantitative estimate of drug-likeness (QED) is 0.120. The molecule has 1 fully saturated rings. The molecule has 3 aliphatic rings. The monoisotopic (exact) mass is 658 g/mol. The van der Waals surface area contributed by atoms with Gasteiger partial charge in [-0.25, -0.2) is 9.59 Å². The summed E-state index contributed by atoms with van der Waals surface area (Å²) in [5, 5.41) is 6.10. The summed E-state index contributed by atoms with van der Waals surface area (Å²) in [5.74, 6) is 1.20. The number of aryl methyl sites for hydroxylation is 1. The van der Waals surface area contributed by atoms with Crippen LogP contribution in [0.4, 0.5) is 16.3 Å². The van der Waals surface area contributed by atoms with Crippen molar-refractivity contribution in [3.63, 3.8) is 0 Å². The number of carbonyl (C=O) groups excluding carboxylic acids is 1. The molecule has 0 bridgehead atoms. The van der Waals surface area contributed by atoms with Gasteiger partial charge in [0.25, 0.3) is 0 Å². The second-order valence-electron chi connectivity index (χ2n) is 11.7. The van der Waals surface area contributed by atoms with E-state index in [1.807, 2.05) is 49.4 Å². The van der Waals surface area contributed by atoms with E-state index in [1.54, 1.807) is 0 Å². The molecule has 0 spiro atoms. The fourth-order valence-electron chi connectivity index (χ4n) is 6.68. The van der Waals surface area contributed by atoms with E-state index in [4.69, 9.17) is 18.7 Å². The van der Waals surface area contributed by atoms with Crippen LogP contribution in [0.25, 0.3) is 11.1 Å². The number of aromatic nitrogens is 2. The molecule has 13 heteroatoms. The molecule has 0 radical (unpaired) electrons. The van der Waals surface area contributed by atoms with Crippen LogP contribution in [0.3, 0.4) is 0 Å². The van der Waals surface area contributed by atoms with E-state index >= 15 is 0 Å². The van der Waals surface area contributed by atoms with Crippen molar-refractivity contribution in [2.45, 2.75) is 57.0 Å². The summed E-state index contributed by atoms with van der Waals surface area (Å²) in [6.07, 6.45) is 1.38. The maximum atomic E-state index is 13.0. The van der Waals surface area contributed by atoms with Crippen LogP contribution in [0.5, 0.6) is 11.5 Å². The van der Waals surface area contributed by atoms with Crippen LogP contribution in [0, 0.1) is 0 Å². The highest BCUT2D eigenvalue weighted by atomic mass is 31.1. The van der Waals surface area contributed by atoms with Crippen molar-refractivity contribution in [3.05, 3.63) is 100 Å². The molecule has 3 heterocycles. The number of anilines is 2. The average molecular weight is 659 g/mol. The topological polar surface area (TPSA) is 150 Å². The van der Waals surface area contributed by atoms with E-state index < -0.39 is 38.5 Å². The van der Waals surface area contributed by atoms with Crippen molar-refractivity contribution in [3.8, 4) is 22.6 Å². The zero-order valence-corrected chi connectivity index (χ0v) is 26.7. The Balaban J connectivity index is 0.945. The molecule has 1 saturated heterocycles. The number of hydrogen-bond donors (Lipinski definition) is 3. The van der Waals surface area contributed by atoms with E-state index in [1.165, 1.54) is 21.9 Å². The van der Waals surface area contributed by atoms with Crippen LogP contribution in [-0.4, -0.2) is 45.9 Å². The highest BCUT2D eigenvalue weighted by molar-refractivity contribution is 7.32. The molecule has 0 saturated carbocycles. The van der Waals surface area contributed by atoms with Crippen molar-refractivity contribution in [1.29, 1.82) is 0 Å². The van der Waals surface area contributed by atoms with Gasteiger partial charge in [-0.3, -0.25) is 9.13 Å². The molecule has 4 unspecified atom stereocenters. The highest BCUT2D eigenvalue weighted by Gasteiger charge is 2.38. The zero-order chi connectivity index (χ0) is 32.5. The van der Waals surface area contributed by atoms with Crippen molar-refractivity contribution in [2.24, 2.45) is 0 Å². The number of hydrogen-bond acceptors (Lipinski definition) is 9. The number of nitrogens with zero attached hydrogens (tertiary/aromatic N) is 2. The Morgan fingerprint density at radius 1 is 1.09 bits per heavy atom. The molecule has 1 aromatic heterocycles. The Kier molecular flexibility index (Phi) is 8.83. The lowest BCUT2D eigenvalue weighted by molar-refractivity contribution is -0.0184. The minimum absolute atomic E-state index is 0.000479. The number of carbonyl (C=O) groups is 1. The predicted octanol–water partition coefficient (Wildman–Crippen LogP) is 6.03. The molecule has 4 aromatic rings. The van der Waals surface area contributed by atoms with Gasteiger partial charge in [0.05, 0.1) is 24.1 Å². The Labute approximate surface area is 271 Å². The van der Waals surface area contributed by atoms with E-state index in [0.29, 0.717) is 43.0 Å². The fraction of sp³-hybridized carbons (Fsp3) is 0.324. The largest absolute Gasteiger partial charge is 0.450 e. The minimum Gasteiger partial charge on any atom is -0.450 e.